The van der Waals surface area contributed by atoms with Gasteiger partial charge < -0.3 is 9.32 Å². The molecule has 162 valence electrons. The summed E-state index contributed by atoms with van der Waals surface area (Å²) in [5.41, 5.74) is 2.10. The lowest BCUT2D eigenvalue weighted by Crippen LogP contribution is -2.25. The van der Waals surface area contributed by atoms with Gasteiger partial charge in [0.1, 0.15) is 11.4 Å². The van der Waals surface area contributed by atoms with Gasteiger partial charge in [0.25, 0.3) is 0 Å². The predicted molar refractivity (Wildman–Crippen MR) is 121 cm³/mol. The number of pyridine rings is 1. The molecule has 0 spiro atoms. The number of aryl methyl sites for hydroxylation is 1. The molecule has 1 aliphatic heterocycles. The summed E-state index contributed by atoms with van der Waals surface area (Å²) in [4.78, 5) is 30.5. The van der Waals surface area contributed by atoms with E-state index in [1.165, 1.54) is 17.8 Å². The molecule has 8 nitrogen and oxygen atoms in total. The Kier molecular flexibility index (Phi) is 5.48. The van der Waals surface area contributed by atoms with Crippen LogP contribution >= 0.6 is 11.8 Å². The van der Waals surface area contributed by atoms with Crippen LogP contribution < -0.4 is 5.63 Å². The Morgan fingerprint density at radius 2 is 2.03 bits per heavy atom. The molecule has 0 atom stereocenters. The molecule has 32 heavy (non-hydrogen) atoms. The van der Waals surface area contributed by atoms with E-state index < -0.39 is 0 Å². The van der Waals surface area contributed by atoms with E-state index >= 15 is 0 Å². The molecular weight excluding hydrogens is 426 g/mol. The van der Waals surface area contributed by atoms with Crippen molar-refractivity contribution in [3.63, 3.8) is 0 Å². The highest BCUT2D eigenvalue weighted by Gasteiger charge is 2.24. The first-order valence-electron chi connectivity index (χ1n) is 10.4. The van der Waals surface area contributed by atoms with Crippen LogP contribution in [0.25, 0.3) is 16.8 Å². The summed E-state index contributed by atoms with van der Waals surface area (Å²) >= 11 is 1.47. The number of nitrogens with zero attached hydrogens (tertiary/aromatic N) is 5. The zero-order valence-electron chi connectivity index (χ0n) is 17.5. The van der Waals surface area contributed by atoms with Crippen LogP contribution in [0.1, 0.15) is 29.8 Å². The lowest BCUT2D eigenvalue weighted by molar-refractivity contribution is -0.128. The number of aromatic nitrogens is 4. The summed E-state index contributed by atoms with van der Waals surface area (Å²) in [5, 5.41) is 10.3. The van der Waals surface area contributed by atoms with Gasteiger partial charge in [0, 0.05) is 36.4 Å². The number of hydrogen-bond donors (Lipinski definition) is 0. The van der Waals surface area contributed by atoms with Gasteiger partial charge in [-0.1, -0.05) is 30.0 Å². The van der Waals surface area contributed by atoms with E-state index in [1.807, 2.05) is 47.9 Å². The van der Waals surface area contributed by atoms with Crippen LogP contribution in [-0.4, -0.2) is 37.1 Å². The lowest BCUT2D eigenvalue weighted by atomic mass is 10.1. The average molecular weight is 448 g/mol. The third-order valence-electron chi connectivity index (χ3n) is 5.42. The molecule has 0 bridgehead atoms. The smallest absolute Gasteiger partial charge is 0.336 e. The average Bonchev–Trinajstić information content (AvgIpc) is 3.38. The molecule has 0 unspecified atom stereocenters. The van der Waals surface area contributed by atoms with Crippen LogP contribution in [-0.2, 0) is 17.1 Å². The summed E-state index contributed by atoms with van der Waals surface area (Å²) in [7, 11) is 0. The Bertz CT molecular complexity index is 1350. The number of amides is 1. The van der Waals surface area contributed by atoms with Gasteiger partial charge in [-0.25, -0.2) is 9.78 Å². The van der Waals surface area contributed by atoms with Crippen LogP contribution in [0.3, 0.4) is 0 Å². The number of benzene rings is 1. The maximum Gasteiger partial charge on any atom is 0.336 e. The molecule has 4 heterocycles. The van der Waals surface area contributed by atoms with Crippen molar-refractivity contribution >= 4 is 28.6 Å². The Balaban J connectivity index is 1.48. The number of likely N-dealkylation sites (tertiary alicyclic amines) is 1. The van der Waals surface area contributed by atoms with Gasteiger partial charge in [0.15, 0.2) is 11.0 Å². The fourth-order valence-corrected chi connectivity index (χ4v) is 4.80. The maximum absolute atomic E-state index is 12.1. The second-order valence-corrected chi connectivity index (χ2v) is 8.66. The Hall–Kier alpha value is -3.46. The molecule has 0 aliphatic carbocycles. The van der Waals surface area contributed by atoms with Crippen molar-refractivity contribution in [3.8, 4) is 5.82 Å². The molecule has 4 aromatic rings. The van der Waals surface area contributed by atoms with E-state index in [1.54, 1.807) is 11.1 Å². The van der Waals surface area contributed by atoms with Gasteiger partial charge in [0.05, 0.1) is 6.54 Å². The van der Waals surface area contributed by atoms with Gasteiger partial charge in [-0.05, 0) is 42.7 Å². The number of hydrogen-bond acceptors (Lipinski definition) is 7. The minimum Gasteiger partial charge on any atom is -0.423 e. The van der Waals surface area contributed by atoms with Crippen molar-refractivity contribution in [1.29, 1.82) is 0 Å². The molecule has 9 heteroatoms. The fourth-order valence-electron chi connectivity index (χ4n) is 3.85. The molecule has 1 aliphatic rings. The highest BCUT2D eigenvalue weighted by Crippen LogP contribution is 2.28. The van der Waals surface area contributed by atoms with Crippen molar-refractivity contribution < 1.29 is 9.21 Å². The van der Waals surface area contributed by atoms with Gasteiger partial charge >= 0.3 is 5.63 Å². The zero-order chi connectivity index (χ0) is 22.1. The third-order valence-corrected chi connectivity index (χ3v) is 6.40. The SMILES string of the molecule is Cc1ccc2c(CSc3nnc(CN4CCCC4=O)n3-c3ccccn3)cc(=O)oc2c1. The van der Waals surface area contributed by atoms with Gasteiger partial charge in [-0.3, -0.25) is 9.36 Å². The topological polar surface area (TPSA) is 94.1 Å². The van der Waals surface area contributed by atoms with Crippen LogP contribution in [0.15, 0.2) is 63.0 Å². The minimum atomic E-state index is -0.377. The summed E-state index contributed by atoms with van der Waals surface area (Å²) < 4.78 is 7.25. The van der Waals surface area contributed by atoms with Crippen LogP contribution in [0.5, 0.6) is 0 Å². The summed E-state index contributed by atoms with van der Waals surface area (Å²) in [5.74, 6) is 2.00. The monoisotopic (exact) mass is 447 g/mol. The maximum atomic E-state index is 12.1. The first-order valence-corrected chi connectivity index (χ1v) is 11.4. The van der Waals surface area contributed by atoms with E-state index in [4.69, 9.17) is 4.42 Å². The van der Waals surface area contributed by atoms with Crippen molar-refractivity contribution in [2.45, 2.75) is 37.2 Å². The van der Waals surface area contributed by atoms with Gasteiger partial charge in [-0.15, -0.1) is 10.2 Å². The van der Waals surface area contributed by atoms with Crippen molar-refractivity contribution in [1.82, 2.24) is 24.6 Å². The number of carbonyl (C=O) groups is 1. The number of rotatable bonds is 6. The predicted octanol–water partition coefficient (Wildman–Crippen LogP) is 3.49. The molecule has 1 fully saturated rings. The largest absolute Gasteiger partial charge is 0.423 e. The molecule has 0 saturated carbocycles. The first-order chi connectivity index (χ1) is 15.6. The molecule has 1 saturated heterocycles. The highest BCUT2D eigenvalue weighted by atomic mass is 32.2. The molecule has 0 radical (unpaired) electrons. The van der Waals surface area contributed by atoms with Crippen molar-refractivity contribution in [2.24, 2.45) is 0 Å². The molecule has 1 amide bonds. The molecule has 5 rings (SSSR count). The van der Waals surface area contributed by atoms with Gasteiger partial charge in [-0.2, -0.15) is 0 Å². The number of fused-ring (bicyclic) bond motifs is 1. The lowest BCUT2D eigenvalue weighted by Gasteiger charge is -2.16. The Morgan fingerprint density at radius 3 is 2.81 bits per heavy atom. The Morgan fingerprint density at radius 1 is 1.12 bits per heavy atom. The van der Waals surface area contributed by atoms with E-state index in [0.717, 1.165) is 29.5 Å². The summed E-state index contributed by atoms with van der Waals surface area (Å²) in [6.45, 7) is 3.07. The third kappa shape index (κ3) is 4.03. The normalized spacial score (nSPS) is 13.9. The van der Waals surface area contributed by atoms with E-state index in [0.29, 0.717) is 41.1 Å². The summed E-state index contributed by atoms with van der Waals surface area (Å²) in [6.07, 6.45) is 3.15. The molecular formula is C23H21N5O3S. The standard InChI is InChI=1S/C23H21N5O3S/c1-15-7-8-17-16(12-22(30)31-18(17)11-15)14-32-23-26-25-20(13-27-10-4-6-21(27)29)28(23)19-5-2-3-9-24-19/h2-3,5,7-9,11-12H,4,6,10,13-14H2,1H3. The minimum absolute atomic E-state index is 0.132. The van der Waals surface area contributed by atoms with Gasteiger partial charge in [0.2, 0.25) is 5.91 Å². The quantitative estimate of drug-likeness (QED) is 0.330. The zero-order valence-corrected chi connectivity index (χ0v) is 18.3. The van der Waals surface area contributed by atoms with E-state index in [2.05, 4.69) is 15.2 Å². The van der Waals surface area contributed by atoms with E-state index in [9.17, 15) is 9.59 Å². The highest BCUT2D eigenvalue weighted by molar-refractivity contribution is 7.98. The number of carbonyl (C=O) groups excluding carboxylic acids is 1. The van der Waals surface area contributed by atoms with Crippen molar-refractivity contribution in [3.05, 3.63) is 76.0 Å². The Labute approximate surface area is 188 Å². The molecule has 1 aromatic carbocycles. The molecule has 0 N–H and O–H groups in total. The van der Waals surface area contributed by atoms with Crippen LogP contribution in [0, 0.1) is 6.92 Å². The van der Waals surface area contributed by atoms with Crippen LogP contribution in [0.2, 0.25) is 0 Å². The number of thioether (sulfide) groups is 1. The second-order valence-electron chi connectivity index (χ2n) is 7.72. The fraction of sp³-hybridized carbons (Fsp3) is 0.261. The first kappa shape index (κ1) is 20.4. The second kappa shape index (κ2) is 8.58. The molecule has 3 aromatic heterocycles. The van der Waals surface area contributed by atoms with Crippen molar-refractivity contribution in [2.75, 3.05) is 6.54 Å². The van der Waals surface area contributed by atoms with Crippen LogP contribution in [0.4, 0.5) is 0 Å². The summed E-state index contributed by atoms with van der Waals surface area (Å²) in [6, 6.07) is 13.0. The van der Waals surface area contributed by atoms with E-state index in [-0.39, 0.29) is 11.5 Å².